The number of imide groups is 1. The summed E-state index contributed by atoms with van der Waals surface area (Å²) in [6, 6.07) is 0. The molecule has 0 aliphatic carbocycles. The molecule has 2 atom stereocenters. The highest BCUT2D eigenvalue weighted by atomic mass is 16.6. The van der Waals surface area contributed by atoms with E-state index in [4.69, 9.17) is 0 Å². The molecule has 0 aromatic heterocycles. The summed E-state index contributed by atoms with van der Waals surface area (Å²) in [4.78, 5) is 41.3. The first kappa shape index (κ1) is 12.4. The largest absolute Gasteiger partial charge is 0.393 e. The lowest BCUT2D eigenvalue weighted by atomic mass is 10.1. The normalized spacial score (nSPS) is 28.4. The van der Waals surface area contributed by atoms with Crippen LogP contribution >= 0.6 is 0 Å². The first-order valence-corrected chi connectivity index (χ1v) is 4.98. The molecule has 2 rings (SSSR count). The maximum absolute atomic E-state index is 10.5. The predicted octanol–water partition coefficient (Wildman–Crippen LogP) is -0.235. The van der Waals surface area contributed by atoms with Gasteiger partial charge in [0, 0.05) is 12.3 Å². The molecule has 2 saturated heterocycles. The van der Waals surface area contributed by atoms with Gasteiger partial charge in [-0.3, -0.25) is 24.5 Å². The highest BCUT2D eigenvalue weighted by Crippen LogP contribution is 2.13. The summed E-state index contributed by atoms with van der Waals surface area (Å²) in [5.74, 6) is -1.42. The Morgan fingerprint density at radius 1 is 1.06 bits per heavy atom. The Morgan fingerprint density at radius 3 is 1.81 bits per heavy atom. The fraction of sp³-hybridized carbons (Fsp3) is 0.600. The molecule has 0 aromatic rings. The number of hydrogen-bond acceptors (Lipinski definition) is 5. The Bertz CT molecular complexity index is 315. The van der Waals surface area contributed by atoms with Crippen molar-refractivity contribution in [3.05, 3.63) is 0 Å². The van der Waals surface area contributed by atoms with Crippen molar-refractivity contribution in [1.29, 1.82) is 0 Å². The fourth-order valence-corrected chi connectivity index (χ4v) is 1.27. The van der Waals surface area contributed by atoms with Gasteiger partial charge in [-0.25, -0.2) is 0 Å². The van der Waals surface area contributed by atoms with Gasteiger partial charge in [-0.1, -0.05) is 13.8 Å². The quantitative estimate of drug-likeness (QED) is 0.350. The topological polar surface area (TPSA) is 89.5 Å². The fourth-order valence-electron chi connectivity index (χ4n) is 1.27. The number of esters is 2. The molecule has 16 heavy (non-hydrogen) atoms. The van der Waals surface area contributed by atoms with Crippen LogP contribution in [-0.2, 0) is 23.9 Å². The molecule has 2 aliphatic heterocycles. The molecule has 6 nitrogen and oxygen atoms in total. The molecular weight excluding hydrogens is 214 g/mol. The van der Waals surface area contributed by atoms with Crippen LogP contribution in [0, 0.1) is 11.8 Å². The number of amides is 2. The maximum atomic E-state index is 10.5. The van der Waals surface area contributed by atoms with Crippen LogP contribution in [0.2, 0.25) is 0 Å². The number of carbonyl (C=O) groups excluding carboxylic acids is 4. The second-order valence-corrected chi connectivity index (χ2v) is 3.92. The van der Waals surface area contributed by atoms with E-state index in [2.05, 4.69) is 10.1 Å². The molecule has 0 spiro atoms. The first-order valence-electron chi connectivity index (χ1n) is 4.98. The monoisotopic (exact) mass is 227 g/mol. The van der Waals surface area contributed by atoms with E-state index in [1.807, 2.05) is 0 Å². The van der Waals surface area contributed by atoms with Crippen LogP contribution in [-0.4, -0.2) is 23.8 Å². The summed E-state index contributed by atoms with van der Waals surface area (Å²) in [5.41, 5.74) is 0. The third-order valence-corrected chi connectivity index (χ3v) is 2.29. The van der Waals surface area contributed by atoms with Gasteiger partial charge in [-0.15, -0.1) is 0 Å². The summed E-state index contributed by atoms with van der Waals surface area (Å²) in [5, 5.41) is 2.19. The van der Waals surface area contributed by atoms with E-state index < -0.39 is 11.9 Å². The van der Waals surface area contributed by atoms with Crippen LogP contribution < -0.4 is 5.32 Å². The van der Waals surface area contributed by atoms with Crippen LogP contribution in [0.1, 0.15) is 26.7 Å². The van der Waals surface area contributed by atoms with E-state index in [0.717, 1.165) is 0 Å². The number of hydrogen-bond donors (Lipinski definition) is 1. The van der Waals surface area contributed by atoms with Crippen molar-refractivity contribution in [2.45, 2.75) is 26.7 Å². The van der Waals surface area contributed by atoms with Gasteiger partial charge in [0.2, 0.25) is 11.8 Å². The van der Waals surface area contributed by atoms with E-state index in [-0.39, 0.29) is 30.1 Å². The average molecular weight is 227 g/mol. The third kappa shape index (κ3) is 3.15. The van der Waals surface area contributed by atoms with Crippen LogP contribution in [0.25, 0.3) is 0 Å². The lowest BCUT2D eigenvalue weighted by Crippen LogP contribution is -2.20. The predicted molar refractivity (Wildman–Crippen MR) is 51.8 cm³/mol. The molecule has 0 aromatic carbocycles. The van der Waals surface area contributed by atoms with E-state index in [1.165, 1.54) is 0 Å². The van der Waals surface area contributed by atoms with Gasteiger partial charge in [0.05, 0.1) is 12.3 Å². The number of ether oxygens (including phenoxy) is 1. The Balaban J connectivity index is 0.000000160. The molecule has 6 heteroatoms. The van der Waals surface area contributed by atoms with Crippen molar-refractivity contribution in [3.8, 4) is 0 Å². The van der Waals surface area contributed by atoms with Crippen molar-refractivity contribution < 1.29 is 23.9 Å². The van der Waals surface area contributed by atoms with Gasteiger partial charge < -0.3 is 4.74 Å². The maximum Gasteiger partial charge on any atom is 0.316 e. The third-order valence-electron chi connectivity index (χ3n) is 2.29. The molecule has 2 aliphatic rings. The Kier molecular flexibility index (Phi) is 3.76. The van der Waals surface area contributed by atoms with E-state index in [0.29, 0.717) is 6.42 Å². The summed E-state index contributed by atoms with van der Waals surface area (Å²) in [6.07, 6.45) is 0.609. The van der Waals surface area contributed by atoms with Crippen molar-refractivity contribution in [1.82, 2.24) is 5.32 Å². The Morgan fingerprint density at radius 2 is 1.69 bits per heavy atom. The zero-order valence-electron chi connectivity index (χ0n) is 9.11. The minimum absolute atomic E-state index is 0.109. The van der Waals surface area contributed by atoms with E-state index in [9.17, 15) is 19.2 Å². The van der Waals surface area contributed by atoms with Gasteiger partial charge in [-0.05, 0) is 0 Å². The van der Waals surface area contributed by atoms with Gasteiger partial charge in [-0.2, -0.15) is 0 Å². The molecule has 88 valence electrons. The van der Waals surface area contributed by atoms with Crippen LogP contribution in [0.15, 0.2) is 0 Å². The molecule has 0 radical (unpaired) electrons. The molecule has 2 amide bonds. The van der Waals surface area contributed by atoms with Gasteiger partial charge in [0.15, 0.2) is 0 Å². The van der Waals surface area contributed by atoms with Crippen molar-refractivity contribution in [3.63, 3.8) is 0 Å². The molecule has 1 N–H and O–H groups in total. The van der Waals surface area contributed by atoms with Crippen LogP contribution in [0.4, 0.5) is 0 Å². The number of carbonyl (C=O) groups is 4. The second kappa shape index (κ2) is 4.87. The Hall–Kier alpha value is -1.72. The minimum atomic E-state index is -0.400. The molecule has 0 bridgehead atoms. The Labute approximate surface area is 92.3 Å². The lowest BCUT2D eigenvalue weighted by Gasteiger charge is -1.88. The number of cyclic esters (lactones) is 2. The summed E-state index contributed by atoms with van der Waals surface area (Å²) in [7, 11) is 0. The molecule has 0 saturated carbocycles. The van der Waals surface area contributed by atoms with Gasteiger partial charge in [0.25, 0.3) is 0 Å². The molecule has 2 fully saturated rings. The van der Waals surface area contributed by atoms with Crippen molar-refractivity contribution in [2.75, 3.05) is 0 Å². The molecular formula is C10H13NO5. The zero-order valence-corrected chi connectivity index (χ0v) is 9.11. The summed E-state index contributed by atoms with van der Waals surface area (Å²) < 4.78 is 4.20. The SMILES string of the molecule is CC1CC(=O)NC1=O.CC1CC(=O)OC1=O. The van der Waals surface area contributed by atoms with Crippen molar-refractivity contribution in [2.24, 2.45) is 11.8 Å². The van der Waals surface area contributed by atoms with Crippen LogP contribution in [0.5, 0.6) is 0 Å². The summed E-state index contributed by atoms with van der Waals surface area (Å²) in [6.45, 7) is 3.41. The zero-order chi connectivity index (χ0) is 12.3. The number of nitrogens with one attached hydrogen (secondary N) is 1. The van der Waals surface area contributed by atoms with Gasteiger partial charge >= 0.3 is 11.9 Å². The molecule has 2 heterocycles. The van der Waals surface area contributed by atoms with E-state index >= 15 is 0 Å². The highest BCUT2D eigenvalue weighted by Gasteiger charge is 2.28. The minimum Gasteiger partial charge on any atom is -0.393 e. The average Bonchev–Trinajstić information content (AvgIpc) is 2.58. The lowest BCUT2D eigenvalue weighted by molar-refractivity contribution is -0.153. The second-order valence-electron chi connectivity index (χ2n) is 3.92. The smallest absolute Gasteiger partial charge is 0.316 e. The van der Waals surface area contributed by atoms with Crippen molar-refractivity contribution >= 4 is 23.8 Å². The van der Waals surface area contributed by atoms with Crippen LogP contribution in [0.3, 0.4) is 0 Å². The standard InChI is InChI=1S/C5H7NO2.C5H6O3/c1-3-2-4(7)6-5(3)8;1-3-2-4(6)8-5(3)7/h3H,2H2,1H3,(H,6,7,8);3H,2H2,1H3. The highest BCUT2D eigenvalue weighted by molar-refractivity contribution is 6.03. The van der Waals surface area contributed by atoms with Gasteiger partial charge in [0.1, 0.15) is 0 Å². The first-order chi connectivity index (χ1) is 7.40. The molecule has 2 unspecified atom stereocenters. The van der Waals surface area contributed by atoms with E-state index in [1.54, 1.807) is 13.8 Å². The summed E-state index contributed by atoms with van der Waals surface area (Å²) >= 11 is 0. The number of rotatable bonds is 0.